The van der Waals surface area contributed by atoms with Crippen LogP contribution in [0.3, 0.4) is 0 Å². The highest BCUT2D eigenvalue weighted by Crippen LogP contribution is 2.12. The molecule has 130 valence electrons. The van der Waals surface area contributed by atoms with Crippen molar-refractivity contribution in [1.82, 2.24) is 4.90 Å². The second kappa shape index (κ2) is 8.47. The summed E-state index contributed by atoms with van der Waals surface area (Å²) in [5.41, 5.74) is 3.60. The van der Waals surface area contributed by atoms with Crippen molar-refractivity contribution in [1.29, 1.82) is 0 Å². The van der Waals surface area contributed by atoms with E-state index in [1.165, 1.54) is 24.0 Å². The topological polar surface area (TPSA) is 46.3 Å². The molecule has 0 unspecified atom stereocenters. The van der Waals surface area contributed by atoms with Crippen LogP contribution in [-0.2, 0) is 17.6 Å². The van der Waals surface area contributed by atoms with Gasteiger partial charge in [-0.3, -0.25) is 9.79 Å². The van der Waals surface area contributed by atoms with Crippen LogP contribution in [0.1, 0.15) is 30.9 Å². The Bertz CT molecular complexity index is 723. The highest BCUT2D eigenvalue weighted by molar-refractivity contribution is 6.04. The van der Waals surface area contributed by atoms with Gasteiger partial charge in [-0.15, -0.1) is 0 Å². The fourth-order valence-corrected chi connectivity index (χ4v) is 2.98. The van der Waals surface area contributed by atoms with Crippen LogP contribution in [0.25, 0.3) is 0 Å². The number of carbonyl (C=O) groups excluding carboxylic acids is 1. The SMILES string of the molecule is CCCCc1ccc(NC2=[NH+]CC(=O)N2CCc2ccccc2)cc1. The molecule has 0 aliphatic carbocycles. The van der Waals surface area contributed by atoms with Crippen molar-refractivity contribution in [2.75, 3.05) is 18.4 Å². The molecule has 0 aromatic heterocycles. The van der Waals surface area contributed by atoms with E-state index in [0.717, 1.165) is 24.5 Å². The van der Waals surface area contributed by atoms with Crippen LogP contribution in [-0.4, -0.2) is 29.9 Å². The van der Waals surface area contributed by atoms with Crippen LogP contribution >= 0.6 is 0 Å². The highest BCUT2D eigenvalue weighted by atomic mass is 16.2. The molecule has 0 saturated heterocycles. The summed E-state index contributed by atoms with van der Waals surface area (Å²) in [5, 5.41) is 3.35. The van der Waals surface area contributed by atoms with Crippen LogP contribution in [0.4, 0.5) is 5.69 Å². The average molecular weight is 336 g/mol. The number of nitrogens with one attached hydrogen (secondary N) is 2. The van der Waals surface area contributed by atoms with Gasteiger partial charge in [-0.1, -0.05) is 55.8 Å². The maximum Gasteiger partial charge on any atom is 0.358 e. The molecular formula is C21H26N3O+. The zero-order chi connectivity index (χ0) is 17.5. The minimum absolute atomic E-state index is 0.109. The van der Waals surface area contributed by atoms with Gasteiger partial charge in [-0.05, 0) is 36.1 Å². The van der Waals surface area contributed by atoms with E-state index in [1.807, 2.05) is 18.2 Å². The van der Waals surface area contributed by atoms with Gasteiger partial charge in [-0.2, -0.15) is 4.90 Å². The molecule has 0 radical (unpaired) electrons. The van der Waals surface area contributed by atoms with E-state index in [-0.39, 0.29) is 5.91 Å². The van der Waals surface area contributed by atoms with Crippen molar-refractivity contribution in [2.45, 2.75) is 32.6 Å². The van der Waals surface area contributed by atoms with E-state index in [9.17, 15) is 4.79 Å². The molecule has 0 fully saturated rings. The molecule has 4 nitrogen and oxygen atoms in total. The second-order valence-corrected chi connectivity index (χ2v) is 6.41. The van der Waals surface area contributed by atoms with Crippen molar-refractivity contribution in [2.24, 2.45) is 0 Å². The van der Waals surface area contributed by atoms with Gasteiger partial charge in [0.05, 0.1) is 12.2 Å². The molecule has 1 heterocycles. The summed E-state index contributed by atoms with van der Waals surface area (Å²) in [6, 6.07) is 18.7. The summed E-state index contributed by atoms with van der Waals surface area (Å²) >= 11 is 0. The molecule has 0 spiro atoms. The molecule has 0 bridgehead atoms. The minimum Gasteiger partial charge on any atom is -0.266 e. The molecule has 0 saturated carbocycles. The summed E-state index contributed by atoms with van der Waals surface area (Å²) in [4.78, 5) is 17.1. The molecule has 1 aliphatic rings. The van der Waals surface area contributed by atoms with Gasteiger partial charge in [0, 0.05) is 6.42 Å². The Morgan fingerprint density at radius 2 is 1.72 bits per heavy atom. The number of aryl methyl sites for hydroxylation is 1. The van der Waals surface area contributed by atoms with Crippen molar-refractivity contribution < 1.29 is 9.79 Å². The number of anilines is 1. The fourth-order valence-electron chi connectivity index (χ4n) is 2.98. The van der Waals surface area contributed by atoms with Crippen molar-refractivity contribution in [3.63, 3.8) is 0 Å². The molecule has 25 heavy (non-hydrogen) atoms. The number of amides is 1. The Balaban J connectivity index is 1.59. The molecule has 0 atom stereocenters. The number of carbonyl (C=O) groups is 1. The van der Waals surface area contributed by atoms with E-state index < -0.39 is 0 Å². The van der Waals surface area contributed by atoms with E-state index in [2.05, 4.69) is 53.6 Å². The smallest absolute Gasteiger partial charge is 0.266 e. The summed E-state index contributed by atoms with van der Waals surface area (Å²) < 4.78 is 0. The molecule has 4 heteroatoms. The average Bonchev–Trinajstić information content (AvgIpc) is 3.00. The normalized spacial score (nSPS) is 13.9. The van der Waals surface area contributed by atoms with Gasteiger partial charge in [0.1, 0.15) is 0 Å². The zero-order valence-corrected chi connectivity index (χ0v) is 14.8. The van der Waals surface area contributed by atoms with Crippen molar-refractivity contribution in [3.05, 3.63) is 65.7 Å². The lowest BCUT2D eigenvalue weighted by Crippen LogP contribution is -2.72. The number of benzene rings is 2. The lowest BCUT2D eigenvalue weighted by Gasteiger charge is -2.12. The predicted octanol–water partition coefficient (Wildman–Crippen LogP) is 1.96. The van der Waals surface area contributed by atoms with Crippen molar-refractivity contribution in [3.8, 4) is 0 Å². The van der Waals surface area contributed by atoms with Crippen LogP contribution < -0.4 is 10.3 Å². The van der Waals surface area contributed by atoms with E-state index in [4.69, 9.17) is 0 Å². The predicted molar refractivity (Wildman–Crippen MR) is 101 cm³/mol. The summed E-state index contributed by atoms with van der Waals surface area (Å²) in [5.74, 6) is 0.889. The maximum atomic E-state index is 12.2. The summed E-state index contributed by atoms with van der Waals surface area (Å²) in [6.07, 6.45) is 4.39. The minimum atomic E-state index is 0.109. The molecular weight excluding hydrogens is 310 g/mol. The summed E-state index contributed by atoms with van der Waals surface area (Å²) in [6.45, 7) is 3.23. The second-order valence-electron chi connectivity index (χ2n) is 6.41. The Hall–Kier alpha value is -2.62. The largest absolute Gasteiger partial charge is 0.358 e. The van der Waals surface area contributed by atoms with Crippen LogP contribution in [0.15, 0.2) is 54.6 Å². The number of nitrogens with zero attached hydrogens (tertiary/aromatic N) is 1. The Morgan fingerprint density at radius 1 is 1.00 bits per heavy atom. The van der Waals surface area contributed by atoms with Crippen molar-refractivity contribution >= 4 is 17.6 Å². The van der Waals surface area contributed by atoms with Crippen LogP contribution in [0, 0.1) is 0 Å². The number of rotatable bonds is 7. The first-order valence-electron chi connectivity index (χ1n) is 9.07. The quantitative estimate of drug-likeness (QED) is 0.812. The van der Waals surface area contributed by atoms with Gasteiger partial charge >= 0.3 is 11.9 Å². The highest BCUT2D eigenvalue weighted by Gasteiger charge is 2.32. The maximum absolute atomic E-state index is 12.2. The zero-order valence-electron chi connectivity index (χ0n) is 14.8. The molecule has 1 amide bonds. The molecule has 2 aromatic rings. The first-order valence-corrected chi connectivity index (χ1v) is 9.07. The standard InChI is InChI=1S/C21H25N3O/c1-2-3-7-18-10-12-19(13-11-18)23-21-22-16-20(25)24(21)15-14-17-8-5-4-6-9-17/h4-6,8-13H,2-3,7,14-16H2,1H3,(H,22,23)/p+1. The van der Waals surface area contributed by atoms with E-state index in [0.29, 0.717) is 13.1 Å². The van der Waals surface area contributed by atoms with Gasteiger partial charge in [-0.25, -0.2) is 5.32 Å². The summed E-state index contributed by atoms with van der Waals surface area (Å²) in [7, 11) is 0. The molecule has 2 N–H and O–H groups in total. The molecule has 2 aromatic carbocycles. The lowest BCUT2D eigenvalue weighted by atomic mass is 10.1. The first kappa shape index (κ1) is 17.2. The van der Waals surface area contributed by atoms with Crippen LogP contribution in [0.2, 0.25) is 0 Å². The number of hydrogen-bond acceptors (Lipinski definition) is 2. The molecule has 3 rings (SSSR count). The molecule has 1 aliphatic heterocycles. The third kappa shape index (κ3) is 4.69. The Morgan fingerprint density at radius 3 is 2.44 bits per heavy atom. The number of hydrogen-bond donors (Lipinski definition) is 2. The lowest BCUT2D eigenvalue weighted by molar-refractivity contribution is -0.438. The van der Waals surface area contributed by atoms with Gasteiger partial charge in [0.15, 0.2) is 6.54 Å². The fraction of sp³-hybridized carbons (Fsp3) is 0.333. The van der Waals surface area contributed by atoms with E-state index in [1.54, 1.807) is 4.90 Å². The number of guanidine groups is 1. The first-order chi connectivity index (χ1) is 12.3. The van der Waals surface area contributed by atoms with Gasteiger partial charge in [0.25, 0.3) is 0 Å². The third-order valence-corrected chi connectivity index (χ3v) is 4.48. The monoisotopic (exact) mass is 336 g/mol. The van der Waals surface area contributed by atoms with Crippen LogP contribution in [0.5, 0.6) is 0 Å². The Labute approximate surface area is 149 Å². The Kier molecular flexibility index (Phi) is 5.83. The van der Waals surface area contributed by atoms with E-state index >= 15 is 0 Å². The number of unbranched alkanes of at least 4 members (excludes halogenated alkanes) is 1. The van der Waals surface area contributed by atoms with Gasteiger partial charge in [0.2, 0.25) is 0 Å². The van der Waals surface area contributed by atoms with Gasteiger partial charge < -0.3 is 0 Å². The third-order valence-electron chi connectivity index (χ3n) is 4.48.